The summed E-state index contributed by atoms with van der Waals surface area (Å²) in [6, 6.07) is 27.1. The first kappa shape index (κ1) is 25.9. The first-order valence-electron chi connectivity index (χ1n) is 11.5. The van der Waals surface area contributed by atoms with Crippen LogP contribution in [-0.2, 0) is 21.4 Å². The average Bonchev–Trinajstić information content (AvgIpc) is 2.93. The van der Waals surface area contributed by atoms with E-state index in [2.05, 4.69) is 10.5 Å². The van der Waals surface area contributed by atoms with Crippen molar-refractivity contribution in [3.05, 3.63) is 102 Å². The molecular weight excluding hydrogens is 490 g/mol. The molecule has 0 spiro atoms. The first-order chi connectivity index (χ1) is 17.9. The second kappa shape index (κ2) is 11.7. The number of nitrogens with zero attached hydrogens (tertiary/aromatic N) is 2. The zero-order chi connectivity index (χ0) is 26.3. The zero-order valence-corrected chi connectivity index (χ0v) is 21.3. The van der Waals surface area contributed by atoms with E-state index in [0.717, 1.165) is 26.2 Å². The van der Waals surface area contributed by atoms with Crippen molar-refractivity contribution in [3.8, 4) is 11.5 Å². The van der Waals surface area contributed by atoms with E-state index in [1.807, 2.05) is 60.7 Å². The molecule has 37 heavy (non-hydrogen) atoms. The number of hydrogen-bond donors (Lipinski definition) is 1. The maximum atomic E-state index is 13.7. The van der Waals surface area contributed by atoms with Crippen molar-refractivity contribution in [2.75, 3.05) is 20.8 Å². The lowest BCUT2D eigenvalue weighted by molar-refractivity contribution is -0.121. The average molecular weight is 518 g/mol. The smallest absolute Gasteiger partial charge is 0.255 e. The van der Waals surface area contributed by atoms with E-state index in [-0.39, 0.29) is 17.2 Å². The Hall–Kier alpha value is -4.21. The number of fused-ring (bicyclic) bond motifs is 1. The second-order valence-electron chi connectivity index (χ2n) is 8.14. The molecule has 190 valence electrons. The van der Waals surface area contributed by atoms with Gasteiger partial charge in [-0.15, -0.1) is 0 Å². The fourth-order valence-corrected chi connectivity index (χ4v) is 5.39. The van der Waals surface area contributed by atoms with Gasteiger partial charge in [0.1, 0.15) is 16.4 Å². The van der Waals surface area contributed by atoms with Crippen LogP contribution < -0.4 is 14.9 Å². The van der Waals surface area contributed by atoms with Gasteiger partial charge in [0.25, 0.3) is 5.91 Å². The molecule has 4 aromatic rings. The van der Waals surface area contributed by atoms with Gasteiger partial charge in [-0.3, -0.25) is 4.79 Å². The summed E-state index contributed by atoms with van der Waals surface area (Å²) in [5.41, 5.74) is 4.01. The van der Waals surface area contributed by atoms with Crippen LogP contribution in [0.15, 0.2) is 101 Å². The molecule has 0 saturated carbocycles. The number of methoxy groups -OCH3 is 2. The van der Waals surface area contributed by atoms with Gasteiger partial charge in [-0.05, 0) is 28.5 Å². The third-order valence-corrected chi connectivity index (χ3v) is 7.56. The Balaban J connectivity index is 1.58. The summed E-state index contributed by atoms with van der Waals surface area (Å²) < 4.78 is 39.0. The van der Waals surface area contributed by atoms with Crippen LogP contribution in [0, 0.1) is 0 Å². The molecule has 9 heteroatoms. The molecule has 4 aromatic carbocycles. The van der Waals surface area contributed by atoms with Crippen LogP contribution in [0.25, 0.3) is 10.8 Å². The highest BCUT2D eigenvalue weighted by Crippen LogP contribution is 2.31. The lowest BCUT2D eigenvalue weighted by Gasteiger charge is -2.23. The predicted molar refractivity (Wildman–Crippen MR) is 143 cm³/mol. The molecule has 0 fully saturated rings. The molecule has 0 radical (unpaired) electrons. The van der Waals surface area contributed by atoms with Crippen molar-refractivity contribution in [2.24, 2.45) is 5.10 Å². The van der Waals surface area contributed by atoms with Crippen LogP contribution in [-0.4, -0.2) is 45.6 Å². The van der Waals surface area contributed by atoms with Crippen molar-refractivity contribution in [2.45, 2.75) is 11.4 Å². The highest BCUT2D eigenvalue weighted by atomic mass is 32.2. The van der Waals surface area contributed by atoms with Crippen LogP contribution in [0.3, 0.4) is 0 Å². The number of benzene rings is 4. The Morgan fingerprint density at radius 1 is 0.919 bits per heavy atom. The molecule has 8 nitrogen and oxygen atoms in total. The minimum atomic E-state index is -4.13. The summed E-state index contributed by atoms with van der Waals surface area (Å²) in [4.78, 5) is 12.8. The largest absolute Gasteiger partial charge is 0.497 e. The third-order valence-electron chi connectivity index (χ3n) is 5.73. The monoisotopic (exact) mass is 517 g/mol. The molecule has 0 aliphatic carbocycles. The number of hydrogen-bond acceptors (Lipinski definition) is 6. The minimum absolute atomic E-state index is 0.0151. The van der Waals surface area contributed by atoms with Crippen molar-refractivity contribution >= 4 is 32.9 Å². The van der Waals surface area contributed by atoms with Gasteiger partial charge in [-0.2, -0.15) is 9.41 Å². The van der Waals surface area contributed by atoms with Crippen LogP contribution in [0.2, 0.25) is 0 Å². The van der Waals surface area contributed by atoms with E-state index in [0.29, 0.717) is 5.75 Å². The number of carbonyl (C=O) groups excluding carboxylic acids is 1. The topological polar surface area (TPSA) is 97.3 Å². The zero-order valence-electron chi connectivity index (χ0n) is 20.5. The summed E-state index contributed by atoms with van der Waals surface area (Å²) in [7, 11) is -1.27. The molecule has 0 heterocycles. The number of rotatable bonds is 10. The molecule has 1 amide bonds. The van der Waals surface area contributed by atoms with Gasteiger partial charge in [-0.25, -0.2) is 13.8 Å². The van der Waals surface area contributed by atoms with E-state index in [1.54, 1.807) is 18.3 Å². The molecule has 0 aliphatic heterocycles. The maximum absolute atomic E-state index is 13.7. The Labute approximate surface area is 216 Å². The fourth-order valence-electron chi connectivity index (χ4n) is 3.87. The number of amides is 1. The molecule has 0 unspecified atom stereocenters. The Morgan fingerprint density at radius 3 is 2.41 bits per heavy atom. The number of hydrazone groups is 1. The molecule has 0 saturated heterocycles. The van der Waals surface area contributed by atoms with E-state index in [1.165, 1.54) is 32.4 Å². The van der Waals surface area contributed by atoms with Gasteiger partial charge in [0.15, 0.2) is 0 Å². The van der Waals surface area contributed by atoms with Crippen molar-refractivity contribution in [1.29, 1.82) is 0 Å². The highest BCUT2D eigenvalue weighted by Gasteiger charge is 2.30. The van der Waals surface area contributed by atoms with Gasteiger partial charge in [0.2, 0.25) is 10.0 Å². The number of sulfonamides is 1. The van der Waals surface area contributed by atoms with E-state index < -0.39 is 22.5 Å². The number of nitrogens with one attached hydrogen (secondary N) is 1. The third kappa shape index (κ3) is 6.14. The summed E-state index contributed by atoms with van der Waals surface area (Å²) >= 11 is 0. The van der Waals surface area contributed by atoms with Crippen molar-refractivity contribution in [1.82, 2.24) is 9.73 Å². The van der Waals surface area contributed by atoms with Gasteiger partial charge < -0.3 is 9.47 Å². The molecule has 1 N–H and O–H groups in total. The van der Waals surface area contributed by atoms with Crippen molar-refractivity contribution < 1.29 is 22.7 Å². The van der Waals surface area contributed by atoms with Crippen LogP contribution in [0.1, 0.15) is 11.1 Å². The standard InChI is InChI=1S/C28H27N3O5S/c1-35-24-15-16-27(26(17-24)36-2)37(33,34)31(19-21-9-4-3-5-10-21)20-28(32)30-29-18-23-13-8-12-22-11-6-7-14-25(22)23/h3-18H,19-20H2,1-2H3,(H,30,32)/b29-18-. The lowest BCUT2D eigenvalue weighted by atomic mass is 10.1. The van der Waals surface area contributed by atoms with E-state index in [4.69, 9.17) is 9.47 Å². The summed E-state index contributed by atoms with van der Waals surface area (Å²) in [5, 5.41) is 6.11. The molecule has 0 atom stereocenters. The quantitative estimate of drug-likeness (QED) is 0.251. The highest BCUT2D eigenvalue weighted by molar-refractivity contribution is 7.89. The maximum Gasteiger partial charge on any atom is 0.255 e. The van der Waals surface area contributed by atoms with E-state index >= 15 is 0 Å². The minimum Gasteiger partial charge on any atom is -0.497 e. The number of ether oxygens (including phenoxy) is 2. The summed E-state index contributed by atoms with van der Waals surface area (Å²) in [6.07, 6.45) is 1.54. The van der Waals surface area contributed by atoms with Gasteiger partial charge in [-0.1, -0.05) is 72.8 Å². The Bertz CT molecular complexity index is 1520. The molecule has 0 aliphatic rings. The molecular formula is C28H27N3O5S. The normalized spacial score (nSPS) is 11.6. The fraction of sp³-hybridized carbons (Fsp3) is 0.143. The van der Waals surface area contributed by atoms with Gasteiger partial charge in [0.05, 0.1) is 27.0 Å². The van der Waals surface area contributed by atoms with Crippen LogP contribution >= 0.6 is 0 Å². The van der Waals surface area contributed by atoms with Gasteiger partial charge >= 0.3 is 0 Å². The second-order valence-corrected chi connectivity index (χ2v) is 10.0. The molecule has 4 rings (SSSR count). The summed E-state index contributed by atoms with van der Waals surface area (Å²) in [5.74, 6) is -0.0128. The Kier molecular flexibility index (Phi) is 8.17. The first-order valence-corrected chi connectivity index (χ1v) is 12.9. The lowest BCUT2D eigenvalue weighted by Crippen LogP contribution is -2.39. The molecule has 0 aromatic heterocycles. The van der Waals surface area contributed by atoms with Gasteiger partial charge in [0, 0.05) is 18.2 Å². The SMILES string of the molecule is COc1ccc(S(=O)(=O)N(CC(=O)N/N=C\c2cccc3ccccc23)Cc2ccccc2)c(OC)c1. The van der Waals surface area contributed by atoms with Crippen LogP contribution in [0.4, 0.5) is 0 Å². The number of carbonyl (C=O) groups is 1. The Morgan fingerprint density at radius 2 is 1.65 bits per heavy atom. The van der Waals surface area contributed by atoms with E-state index in [9.17, 15) is 13.2 Å². The van der Waals surface area contributed by atoms with Crippen LogP contribution in [0.5, 0.6) is 11.5 Å². The summed E-state index contributed by atoms with van der Waals surface area (Å²) in [6.45, 7) is -0.460. The predicted octanol–water partition coefficient (Wildman–Crippen LogP) is 4.20. The van der Waals surface area contributed by atoms with Crippen molar-refractivity contribution in [3.63, 3.8) is 0 Å². The molecule has 0 bridgehead atoms.